The van der Waals surface area contributed by atoms with Crippen LogP contribution in [0.4, 0.5) is 11.8 Å². The predicted molar refractivity (Wildman–Crippen MR) is 110 cm³/mol. The van der Waals surface area contributed by atoms with Crippen molar-refractivity contribution < 1.29 is 9.84 Å². The third kappa shape index (κ3) is 4.40. The Balaban J connectivity index is 1.84. The lowest BCUT2D eigenvalue weighted by Gasteiger charge is -2.20. The lowest BCUT2D eigenvalue weighted by molar-refractivity contribution is 0.0347. The van der Waals surface area contributed by atoms with E-state index in [0.29, 0.717) is 29.9 Å². The molecule has 4 N–H and O–H groups in total. The molecule has 150 valence electrons. The molecule has 0 radical (unpaired) electrons. The Morgan fingerprint density at radius 1 is 1.21 bits per heavy atom. The minimum Gasteiger partial charge on any atom is -0.394 e. The molecule has 2 heterocycles. The molecule has 0 fully saturated rings. The number of benzene rings is 1. The van der Waals surface area contributed by atoms with E-state index in [2.05, 4.69) is 39.3 Å². The van der Waals surface area contributed by atoms with Gasteiger partial charge < -0.3 is 25.5 Å². The summed E-state index contributed by atoms with van der Waals surface area (Å²) in [4.78, 5) is 13.5. The Morgan fingerprint density at radius 3 is 2.64 bits per heavy atom. The highest BCUT2D eigenvalue weighted by Gasteiger charge is 2.21. The minimum absolute atomic E-state index is 0.0318. The molecule has 0 spiro atoms. The van der Waals surface area contributed by atoms with Gasteiger partial charge in [-0.05, 0) is 32.3 Å². The number of nitrogens with zero attached hydrogens (tertiary/aromatic N) is 4. The van der Waals surface area contributed by atoms with Gasteiger partial charge in [-0.15, -0.1) is 0 Å². The van der Waals surface area contributed by atoms with Crippen LogP contribution in [0.25, 0.3) is 11.2 Å². The zero-order valence-electron chi connectivity index (χ0n) is 16.6. The van der Waals surface area contributed by atoms with Crippen LogP contribution in [0.5, 0.6) is 0 Å². The summed E-state index contributed by atoms with van der Waals surface area (Å²) in [6, 6.07) is 10.3. The van der Waals surface area contributed by atoms with Gasteiger partial charge in [-0.3, -0.25) is 0 Å². The van der Waals surface area contributed by atoms with Gasteiger partial charge in [0.05, 0.1) is 12.7 Å². The van der Waals surface area contributed by atoms with Crippen LogP contribution in [0.2, 0.25) is 0 Å². The van der Waals surface area contributed by atoms with Crippen LogP contribution in [0, 0.1) is 6.92 Å². The number of rotatable bonds is 9. The number of imidazole rings is 1. The molecule has 3 rings (SSSR count). The number of hydrogen-bond acceptors (Lipinski definition) is 7. The van der Waals surface area contributed by atoms with Crippen LogP contribution in [0.3, 0.4) is 0 Å². The molecule has 8 nitrogen and oxygen atoms in total. The summed E-state index contributed by atoms with van der Waals surface area (Å²) in [7, 11) is 1.60. The van der Waals surface area contributed by atoms with E-state index in [1.165, 1.54) is 5.56 Å². The maximum Gasteiger partial charge on any atom is 0.224 e. The standard InChI is InChI=1S/C20H28N6O2/c1-13(11-16(12-27)28-3)26-14(2)23-17-18(24-20(21)25-19(17)26)22-10-9-15-7-5-4-6-8-15/h4-8,13,16,27H,9-12H2,1-3H3,(H3,21,22,24,25). The first-order valence-electron chi connectivity index (χ1n) is 9.47. The van der Waals surface area contributed by atoms with Gasteiger partial charge in [0.25, 0.3) is 0 Å². The molecule has 0 saturated heterocycles. The Hall–Kier alpha value is -2.71. The number of aliphatic hydroxyl groups excluding tert-OH is 1. The number of aryl methyl sites for hydroxylation is 1. The number of aromatic nitrogens is 4. The van der Waals surface area contributed by atoms with Crippen molar-refractivity contribution >= 4 is 22.9 Å². The van der Waals surface area contributed by atoms with Crippen molar-refractivity contribution in [3.8, 4) is 0 Å². The molecule has 3 aromatic rings. The molecule has 8 heteroatoms. The van der Waals surface area contributed by atoms with Crippen LogP contribution < -0.4 is 11.1 Å². The highest BCUT2D eigenvalue weighted by molar-refractivity contribution is 5.84. The smallest absolute Gasteiger partial charge is 0.224 e. The maximum absolute atomic E-state index is 9.43. The third-order valence-corrected chi connectivity index (χ3v) is 4.86. The summed E-state index contributed by atoms with van der Waals surface area (Å²) in [6.07, 6.45) is 1.27. The molecule has 2 aromatic heterocycles. The molecule has 0 aliphatic heterocycles. The number of fused-ring (bicyclic) bond motifs is 1. The van der Waals surface area contributed by atoms with Crippen molar-refractivity contribution in [1.82, 2.24) is 19.5 Å². The monoisotopic (exact) mass is 384 g/mol. The summed E-state index contributed by atoms with van der Waals surface area (Å²) in [5, 5.41) is 12.8. The van der Waals surface area contributed by atoms with E-state index in [-0.39, 0.29) is 24.7 Å². The number of nitrogens with one attached hydrogen (secondary N) is 1. The molecule has 0 bridgehead atoms. The van der Waals surface area contributed by atoms with E-state index in [1.807, 2.05) is 29.7 Å². The van der Waals surface area contributed by atoms with Crippen molar-refractivity contribution in [1.29, 1.82) is 0 Å². The molecule has 2 unspecified atom stereocenters. The fourth-order valence-corrected chi connectivity index (χ4v) is 3.45. The molecule has 0 aliphatic rings. The van der Waals surface area contributed by atoms with Crippen LogP contribution in [0.15, 0.2) is 30.3 Å². The number of nitrogens with two attached hydrogens (primary N) is 1. The van der Waals surface area contributed by atoms with Gasteiger partial charge in [0.15, 0.2) is 17.0 Å². The topological polar surface area (TPSA) is 111 Å². The van der Waals surface area contributed by atoms with E-state index >= 15 is 0 Å². The normalized spacial score (nSPS) is 13.6. The molecular weight excluding hydrogens is 356 g/mol. The molecule has 0 amide bonds. The van der Waals surface area contributed by atoms with Crippen molar-refractivity contribution in [2.45, 2.75) is 38.8 Å². The largest absolute Gasteiger partial charge is 0.394 e. The molecule has 0 saturated carbocycles. The van der Waals surface area contributed by atoms with Gasteiger partial charge >= 0.3 is 0 Å². The molecule has 1 aromatic carbocycles. The van der Waals surface area contributed by atoms with Gasteiger partial charge in [-0.2, -0.15) is 9.97 Å². The van der Waals surface area contributed by atoms with Crippen molar-refractivity contribution in [2.24, 2.45) is 0 Å². The summed E-state index contributed by atoms with van der Waals surface area (Å²) in [5.41, 5.74) is 8.61. The average molecular weight is 384 g/mol. The van der Waals surface area contributed by atoms with Gasteiger partial charge in [0, 0.05) is 19.7 Å². The van der Waals surface area contributed by atoms with Crippen LogP contribution in [0.1, 0.15) is 30.8 Å². The highest BCUT2D eigenvalue weighted by Crippen LogP contribution is 2.27. The number of aliphatic hydroxyl groups is 1. The average Bonchev–Trinajstić information content (AvgIpc) is 3.02. The second-order valence-electron chi connectivity index (χ2n) is 6.92. The van der Waals surface area contributed by atoms with Crippen molar-refractivity contribution in [2.75, 3.05) is 31.3 Å². The number of ether oxygens (including phenoxy) is 1. The van der Waals surface area contributed by atoms with E-state index in [1.54, 1.807) is 7.11 Å². The highest BCUT2D eigenvalue weighted by atomic mass is 16.5. The van der Waals surface area contributed by atoms with Crippen molar-refractivity contribution in [3.63, 3.8) is 0 Å². The summed E-state index contributed by atoms with van der Waals surface area (Å²) >= 11 is 0. The Labute approximate surface area is 164 Å². The molecular formula is C20H28N6O2. The van der Waals surface area contributed by atoms with Gasteiger partial charge in [0.1, 0.15) is 5.82 Å². The fourth-order valence-electron chi connectivity index (χ4n) is 3.45. The summed E-state index contributed by atoms with van der Waals surface area (Å²) in [5.74, 6) is 1.66. The number of anilines is 2. The lowest BCUT2D eigenvalue weighted by atomic mass is 10.1. The van der Waals surface area contributed by atoms with Gasteiger partial charge in [-0.1, -0.05) is 30.3 Å². The van der Waals surface area contributed by atoms with E-state index in [0.717, 1.165) is 12.2 Å². The molecule has 0 aliphatic carbocycles. The third-order valence-electron chi connectivity index (χ3n) is 4.86. The second-order valence-corrected chi connectivity index (χ2v) is 6.92. The quantitative estimate of drug-likeness (QED) is 0.519. The SMILES string of the molecule is COC(CO)CC(C)n1c(C)nc2c(NCCc3ccccc3)nc(N)nc21. The number of hydrogen-bond donors (Lipinski definition) is 3. The zero-order valence-corrected chi connectivity index (χ0v) is 16.6. The number of nitrogen functional groups attached to an aromatic ring is 1. The van der Waals surface area contributed by atoms with Crippen molar-refractivity contribution in [3.05, 3.63) is 41.7 Å². The Morgan fingerprint density at radius 2 is 1.96 bits per heavy atom. The van der Waals surface area contributed by atoms with E-state index in [4.69, 9.17) is 10.5 Å². The van der Waals surface area contributed by atoms with E-state index in [9.17, 15) is 5.11 Å². The van der Waals surface area contributed by atoms with Crippen LogP contribution in [-0.2, 0) is 11.2 Å². The second kappa shape index (κ2) is 8.99. The fraction of sp³-hybridized carbons (Fsp3) is 0.450. The lowest BCUT2D eigenvalue weighted by Crippen LogP contribution is -2.21. The molecule has 2 atom stereocenters. The van der Waals surface area contributed by atoms with Crippen LogP contribution in [-0.4, -0.2) is 51.0 Å². The summed E-state index contributed by atoms with van der Waals surface area (Å²) < 4.78 is 7.33. The summed E-state index contributed by atoms with van der Waals surface area (Å²) in [6.45, 7) is 4.67. The first-order valence-corrected chi connectivity index (χ1v) is 9.47. The minimum atomic E-state index is -0.241. The molecule has 28 heavy (non-hydrogen) atoms. The predicted octanol–water partition coefficient (Wildman–Crippen LogP) is 2.33. The first-order chi connectivity index (χ1) is 13.5. The van der Waals surface area contributed by atoms with Gasteiger partial charge in [-0.25, -0.2) is 4.98 Å². The van der Waals surface area contributed by atoms with Crippen LogP contribution >= 0.6 is 0 Å². The number of methoxy groups -OCH3 is 1. The first kappa shape index (κ1) is 20.0. The Bertz CT molecular complexity index is 908. The zero-order chi connectivity index (χ0) is 20.1. The Kier molecular flexibility index (Phi) is 6.43. The maximum atomic E-state index is 9.43. The van der Waals surface area contributed by atoms with Gasteiger partial charge in [0.2, 0.25) is 5.95 Å². The van der Waals surface area contributed by atoms with E-state index < -0.39 is 0 Å².